The van der Waals surface area contributed by atoms with E-state index < -0.39 is 0 Å². The average Bonchev–Trinajstić information content (AvgIpc) is 2.86. The lowest BCUT2D eigenvalue weighted by atomic mass is 9.86. The van der Waals surface area contributed by atoms with Crippen LogP contribution in [-0.4, -0.2) is 35.7 Å². The van der Waals surface area contributed by atoms with Gasteiger partial charge >= 0.3 is 0 Å². The van der Waals surface area contributed by atoms with Gasteiger partial charge in [-0.25, -0.2) is 0 Å². The van der Waals surface area contributed by atoms with Crippen molar-refractivity contribution in [3.63, 3.8) is 0 Å². The Hall–Kier alpha value is -1.48. The van der Waals surface area contributed by atoms with Crippen LogP contribution in [-0.2, 0) is 0 Å². The SMILES string of the molecule is C1=CC2=C3C=CN4CCNC4N3CCC2C=C1. The second-order valence-electron chi connectivity index (χ2n) is 5.05. The lowest BCUT2D eigenvalue weighted by molar-refractivity contribution is 0.107. The van der Waals surface area contributed by atoms with Crippen LogP contribution in [0.15, 0.2) is 47.9 Å². The number of nitrogens with one attached hydrogen (secondary N) is 1. The minimum atomic E-state index is 0.391. The summed E-state index contributed by atoms with van der Waals surface area (Å²) < 4.78 is 0. The third kappa shape index (κ3) is 1.32. The predicted molar refractivity (Wildman–Crippen MR) is 67.8 cm³/mol. The smallest absolute Gasteiger partial charge is 0.157 e. The molecule has 0 aromatic heterocycles. The summed E-state index contributed by atoms with van der Waals surface area (Å²) in [7, 11) is 0. The summed E-state index contributed by atoms with van der Waals surface area (Å²) >= 11 is 0. The highest BCUT2D eigenvalue weighted by atomic mass is 15.5. The van der Waals surface area contributed by atoms with Crippen molar-refractivity contribution < 1.29 is 0 Å². The zero-order valence-corrected chi connectivity index (χ0v) is 9.84. The molecule has 1 aliphatic carbocycles. The average molecular weight is 227 g/mol. The lowest BCUT2D eigenvalue weighted by Gasteiger charge is -2.44. The van der Waals surface area contributed by atoms with Crippen molar-refractivity contribution in [3.8, 4) is 0 Å². The van der Waals surface area contributed by atoms with Gasteiger partial charge in [0.1, 0.15) is 0 Å². The first kappa shape index (κ1) is 9.54. The first-order valence-electron chi connectivity index (χ1n) is 6.46. The first-order valence-corrected chi connectivity index (χ1v) is 6.46. The van der Waals surface area contributed by atoms with Crippen molar-refractivity contribution in [2.45, 2.75) is 12.7 Å². The fraction of sp³-hybridized carbons (Fsp3) is 0.429. The molecule has 0 amide bonds. The van der Waals surface area contributed by atoms with E-state index in [0.29, 0.717) is 12.2 Å². The Morgan fingerprint density at radius 2 is 2.18 bits per heavy atom. The summed E-state index contributed by atoms with van der Waals surface area (Å²) in [5.41, 5.74) is 2.90. The molecule has 0 spiro atoms. The summed E-state index contributed by atoms with van der Waals surface area (Å²) in [5, 5.41) is 3.58. The van der Waals surface area contributed by atoms with Crippen LogP contribution < -0.4 is 5.32 Å². The Bertz CT molecular complexity index is 458. The number of fused-ring (bicyclic) bond motifs is 4. The third-order valence-corrected chi connectivity index (χ3v) is 4.15. The molecule has 2 unspecified atom stereocenters. The monoisotopic (exact) mass is 227 g/mol. The van der Waals surface area contributed by atoms with E-state index in [-0.39, 0.29) is 0 Å². The molecule has 3 nitrogen and oxygen atoms in total. The molecule has 0 saturated carbocycles. The Kier molecular flexibility index (Phi) is 1.97. The van der Waals surface area contributed by atoms with Crippen molar-refractivity contribution in [2.75, 3.05) is 19.6 Å². The molecule has 0 bridgehead atoms. The maximum absolute atomic E-state index is 3.58. The molecular formula is C14H17N3. The summed E-state index contributed by atoms with van der Waals surface area (Å²) in [6.07, 6.45) is 15.1. The summed E-state index contributed by atoms with van der Waals surface area (Å²) in [6.45, 7) is 3.37. The van der Waals surface area contributed by atoms with Gasteiger partial charge < -0.3 is 9.80 Å². The van der Waals surface area contributed by atoms with Crippen LogP contribution in [0.25, 0.3) is 0 Å². The molecule has 2 atom stereocenters. The Morgan fingerprint density at radius 3 is 3.18 bits per heavy atom. The highest BCUT2D eigenvalue weighted by molar-refractivity contribution is 5.43. The molecule has 4 rings (SSSR count). The molecule has 17 heavy (non-hydrogen) atoms. The van der Waals surface area contributed by atoms with Gasteiger partial charge in [0.05, 0.1) is 0 Å². The van der Waals surface area contributed by atoms with E-state index in [9.17, 15) is 0 Å². The number of nitrogens with zero attached hydrogens (tertiary/aromatic N) is 2. The van der Waals surface area contributed by atoms with E-state index in [1.807, 2.05) is 0 Å². The van der Waals surface area contributed by atoms with E-state index >= 15 is 0 Å². The van der Waals surface area contributed by atoms with Gasteiger partial charge in [-0.3, -0.25) is 5.32 Å². The van der Waals surface area contributed by atoms with Gasteiger partial charge in [0, 0.05) is 37.4 Å². The normalized spacial score (nSPS) is 33.9. The number of hydrogen-bond donors (Lipinski definition) is 1. The molecule has 88 valence electrons. The zero-order chi connectivity index (χ0) is 11.2. The van der Waals surface area contributed by atoms with E-state index in [4.69, 9.17) is 0 Å². The Morgan fingerprint density at radius 1 is 1.18 bits per heavy atom. The van der Waals surface area contributed by atoms with Gasteiger partial charge in [-0.05, 0) is 18.1 Å². The molecule has 3 aliphatic heterocycles. The Balaban J connectivity index is 1.80. The molecule has 1 fully saturated rings. The molecule has 1 N–H and O–H groups in total. The van der Waals surface area contributed by atoms with Crippen LogP contribution >= 0.6 is 0 Å². The van der Waals surface area contributed by atoms with E-state index in [2.05, 4.69) is 51.7 Å². The topological polar surface area (TPSA) is 18.5 Å². The van der Waals surface area contributed by atoms with Crippen LogP contribution in [0, 0.1) is 5.92 Å². The second-order valence-corrected chi connectivity index (χ2v) is 5.05. The van der Waals surface area contributed by atoms with Gasteiger partial charge in [0.15, 0.2) is 6.29 Å². The van der Waals surface area contributed by atoms with Gasteiger partial charge in [0.25, 0.3) is 0 Å². The number of allylic oxidation sites excluding steroid dienone is 6. The minimum absolute atomic E-state index is 0.391. The van der Waals surface area contributed by atoms with Crippen LogP contribution in [0.2, 0.25) is 0 Å². The van der Waals surface area contributed by atoms with Gasteiger partial charge in [-0.2, -0.15) is 0 Å². The largest absolute Gasteiger partial charge is 0.344 e. The van der Waals surface area contributed by atoms with E-state index in [1.54, 1.807) is 0 Å². The van der Waals surface area contributed by atoms with Crippen LogP contribution in [0.1, 0.15) is 6.42 Å². The highest BCUT2D eigenvalue weighted by Gasteiger charge is 2.35. The fourth-order valence-corrected chi connectivity index (χ4v) is 3.30. The number of hydrogen-bond acceptors (Lipinski definition) is 3. The molecule has 0 radical (unpaired) electrons. The molecule has 3 heteroatoms. The van der Waals surface area contributed by atoms with Crippen LogP contribution in [0.3, 0.4) is 0 Å². The quantitative estimate of drug-likeness (QED) is 0.675. The molecule has 3 heterocycles. The van der Waals surface area contributed by atoms with Crippen molar-refractivity contribution in [2.24, 2.45) is 5.92 Å². The van der Waals surface area contributed by atoms with Crippen molar-refractivity contribution >= 4 is 0 Å². The molecular weight excluding hydrogens is 210 g/mol. The molecule has 0 aromatic carbocycles. The zero-order valence-electron chi connectivity index (χ0n) is 9.84. The Labute approximate surface area is 102 Å². The number of rotatable bonds is 0. The van der Waals surface area contributed by atoms with Crippen molar-refractivity contribution in [3.05, 3.63) is 47.9 Å². The van der Waals surface area contributed by atoms with Gasteiger partial charge in [0.2, 0.25) is 0 Å². The van der Waals surface area contributed by atoms with Gasteiger partial charge in [-0.15, -0.1) is 0 Å². The van der Waals surface area contributed by atoms with Crippen LogP contribution in [0.4, 0.5) is 0 Å². The maximum atomic E-state index is 3.58. The summed E-state index contributed by atoms with van der Waals surface area (Å²) in [4.78, 5) is 4.91. The van der Waals surface area contributed by atoms with E-state index in [1.165, 1.54) is 17.7 Å². The van der Waals surface area contributed by atoms with Crippen molar-refractivity contribution in [1.82, 2.24) is 15.1 Å². The second kappa shape index (κ2) is 3.50. The standard InChI is InChI=1S/C14H17N3/c1-2-4-12-11(3-1)5-9-17-13(12)6-8-16-10-7-15-14(16)17/h1-4,6,8,11,14-15H,5,7,9-10H2. The maximum Gasteiger partial charge on any atom is 0.157 e. The summed E-state index contributed by atoms with van der Waals surface area (Å²) in [5.74, 6) is 0.629. The molecule has 4 aliphatic rings. The highest BCUT2D eigenvalue weighted by Crippen LogP contribution is 2.36. The molecule has 0 aromatic rings. The van der Waals surface area contributed by atoms with E-state index in [0.717, 1.165) is 19.6 Å². The van der Waals surface area contributed by atoms with Crippen LogP contribution in [0.5, 0.6) is 0 Å². The lowest BCUT2D eigenvalue weighted by Crippen LogP contribution is -2.52. The first-order chi connectivity index (χ1) is 8.43. The fourth-order valence-electron chi connectivity index (χ4n) is 3.30. The summed E-state index contributed by atoms with van der Waals surface area (Å²) in [6, 6.07) is 0. The minimum Gasteiger partial charge on any atom is -0.344 e. The molecule has 1 saturated heterocycles. The van der Waals surface area contributed by atoms with Crippen molar-refractivity contribution in [1.29, 1.82) is 0 Å². The van der Waals surface area contributed by atoms with Gasteiger partial charge in [-0.1, -0.05) is 24.3 Å². The third-order valence-electron chi connectivity index (χ3n) is 4.15. The predicted octanol–water partition coefficient (Wildman–Crippen LogP) is 1.40.